The third-order valence-electron chi connectivity index (χ3n) is 12.2. The van der Waals surface area contributed by atoms with E-state index in [1.165, 1.54) is 0 Å². The van der Waals surface area contributed by atoms with Crippen LogP contribution in [-0.2, 0) is 4.79 Å². The summed E-state index contributed by atoms with van der Waals surface area (Å²) < 4.78 is 0. The summed E-state index contributed by atoms with van der Waals surface area (Å²) in [7, 11) is 0. The van der Waals surface area contributed by atoms with Crippen LogP contribution in [0.4, 0.5) is 0 Å². The molecule has 4 nitrogen and oxygen atoms in total. The van der Waals surface area contributed by atoms with Gasteiger partial charge in [-0.1, -0.05) is 61.8 Å². The second-order valence-corrected chi connectivity index (χ2v) is 16.6. The lowest BCUT2D eigenvalue weighted by Crippen LogP contribution is -2.66. The van der Waals surface area contributed by atoms with E-state index in [-0.39, 0.29) is 51.9 Å². The Balaban J connectivity index is 1.76. The first kappa shape index (κ1) is 28.7. The fourth-order valence-electron chi connectivity index (χ4n) is 10.5. The molecule has 0 aromatic rings. The van der Waals surface area contributed by atoms with Crippen molar-refractivity contribution in [2.45, 2.75) is 129 Å². The number of fused-ring (bicyclic) bond motifs is 5. The van der Waals surface area contributed by atoms with Gasteiger partial charge >= 0.3 is 5.97 Å². The van der Waals surface area contributed by atoms with Gasteiger partial charge in [-0.15, -0.1) is 0 Å². The molecule has 0 saturated heterocycles. The number of rotatable bonds is 7. The van der Waals surface area contributed by atoms with Gasteiger partial charge in [0, 0.05) is 5.25 Å². The summed E-state index contributed by atoms with van der Waals surface area (Å²) >= 11 is 2.00. The van der Waals surface area contributed by atoms with Crippen LogP contribution in [0.2, 0.25) is 0 Å². The van der Waals surface area contributed by atoms with E-state index in [1.54, 1.807) is 0 Å². The third-order valence-corrected chi connectivity index (χ3v) is 13.6. The van der Waals surface area contributed by atoms with Crippen LogP contribution in [0.25, 0.3) is 0 Å². The van der Waals surface area contributed by atoms with E-state index in [9.17, 15) is 20.1 Å². The highest BCUT2D eigenvalue weighted by molar-refractivity contribution is 8.00. The minimum atomic E-state index is -0.633. The minimum Gasteiger partial charge on any atom is -0.481 e. The summed E-state index contributed by atoms with van der Waals surface area (Å²) in [5, 5.41) is 34.0. The van der Waals surface area contributed by atoms with Gasteiger partial charge < -0.3 is 15.3 Å². The minimum absolute atomic E-state index is 0.0196. The van der Waals surface area contributed by atoms with E-state index in [2.05, 4.69) is 55.4 Å². The predicted molar refractivity (Wildman–Crippen MR) is 149 cm³/mol. The molecular weight excluding hydrogens is 468 g/mol. The second kappa shape index (κ2) is 10.0. The number of carbonyl (C=O) groups is 1. The first-order valence-corrected chi connectivity index (χ1v) is 15.9. The number of aliphatic carboxylic acids is 1. The molecule has 0 aliphatic heterocycles. The van der Waals surface area contributed by atoms with Gasteiger partial charge in [0.25, 0.3) is 0 Å². The van der Waals surface area contributed by atoms with Crippen LogP contribution in [0.1, 0.15) is 107 Å². The molecule has 4 aliphatic rings. The molecule has 4 saturated carbocycles. The van der Waals surface area contributed by atoms with E-state index in [4.69, 9.17) is 0 Å². The normalized spacial score (nSPS) is 49.4. The van der Waals surface area contributed by atoms with Gasteiger partial charge in [0.05, 0.1) is 18.1 Å². The molecule has 36 heavy (non-hydrogen) atoms. The van der Waals surface area contributed by atoms with E-state index in [1.807, 2.05) is 11.8 Å². The molecule has 0 heterocycles. The van der Waals surface area contributed by atoms with Gasteiger partial charge in [-0.05, 0) is 102 Å². The monoisotopic (exact) mass is 522 g/mol. The van der Waals surface area contributed by atoms with Gasteiger partial charge in [-0.3, -0.25) is 4.79 Å². The fraction of sp³-hybridized carbons (Fsp3) is 0.968. The van der Waals surface area contributed by atoms with Crippen molar-refractivity contribution in [3.05, 3.63) is 0 Å². The van der Waals surface area contributed by atoms with Crippen molar-refractivity contribution in [3.8, 4) is 0 Å². The topological polar surface area (TPSA) is 77.8 Å². The standard InChI is InChI=1S/C31H54O4S/c1-17(2)9-10-20(28(34)35)26-22-15-24(33)27-29(6)13-12-23(32)19(5)21(29)11-14-30(27,7)31(22,8)16-25(26)36-18(3)4/h17-27,32-33H,9-16H2,1-8H3,(H,34,35)/t19-,20+,21?,22?,23+,24+,25-,26+,27?,29-,30-,31-/m0/s1. The van der Waals surface area contributed by atoms with E-state index in [0.29, 0.717) is 22.3 Å². The molecule has 0 spiro atoms. The second-order valence-electron chi connectivity index (χ2n) is 14.8. The number of carboxylic acids is 1. The summed E-state index contributed by atoms with van der Waals surface area (Å²) in [5.74, 6) is 0.819. The lowest BCUT2D eigenvalue weighted by atomic mass is 9.36. The van der Waals surface area contributed by atoms with Crippen LogP contribution >= 0.6 is 11.8 Å². The summed E-state index contributed by atoms with van der Waals surface area (Å²) in [4.78, 5) is 12.8. The summed E-state index contributed by atoms with van der Waals surface area (Å²) in [6, 6.07) is 0. The number of aliphatic hydroxyl groups is 2. The number of thioether (sulfide) groups is 1. The predicted octanol–water partition coefficient (Wildman–Crippen LogP) is 6.87. The van der Waals surface area contributed by atoms with Crippen molar-refractivity contribution in [2.75, 3.05) is 0 Å². The SMILES string of the molecule is CC(C)CC[C@@H](C(=O)O)[C@@H]1C2C[C@@H](O)C3[C@@]4(C)CC[C@@H](O)[C@@H](C)C4CC[C@]3(C)[C@@]2(C)C[C@@H]1SC(C)C. The van der Waals surface area contributed by atoms with Crippen LogP contribution < -0.4 is 0 Å². The quantitative estimate of drug-likeness (QED) is 0.340. The van der Waals surface area contributed by atoms with Crippen molar-refractivity contribution in [1.29, 1.82) is 0 Å². The highest BCUT2D eigenvalue weighted by atomic mass is 32.2. The van der Waals surface area contributed by atoms with Crippen molar-refractivity contribution in [2.24, 2.45) is 57.7 Å². The Kier molecular flexibility index (Phi) is 8.02. The van der Waals surface area contributed by atoms with Gasteiger partial charge in [-0.25, -0.2) is 0 Å². The highest BCUT2D eigenvalue weighted by Crippen LogP contribution is 2.75. The molecular formula is C31H54O4S. The summed E-state index contributed by atoms with van der Waals surface area (Å²) in [5.41, 5.74) is 0.0306. The smallest absolute Gasteiger partial charge is 0.306 e. The van der Waals surface area contributed by atoms with E-state index < -0.39 is 12.1 Å². The number of hydrogen-bond acceptors (Lipinski definition) is 4. The first-order chi connectivity index (χ1) is 16.7. The molecule has 4 aliphatic carbocycles. The maximum atomic E-state index is 12.8. The Morgan fingerprint density at radius 2 is 1.61 bits per heavy atom. The average molecular weight is 523 g/mol. The Bertz CT molecular complexity index is 814. The van der Waals surface area contributed by atoms with Crippen LogP contribution in [0, 0.1) is 57.7 Å². The van der Waals surface area contributed by atoms with Crippen LogP contribution in [0.5, 0.6) is 0 Å². The van der Waals surface area contributed by atoms with Crippen molar-refractivity contribution >= 4 is 17.7 Å². The highest BCUT2D eigenvalue weighted by Gasteiger charge is 2.71. The number of aliphatic hydroxyl groups excluding tert-OH is 2. The van der Waals surface area contributed by atoms with Crippen LogP contribution in [0.3, 0.4) is 0 Å². The Hall–Kier alpha value is -0.260. The zero-order valence-corrected chi connectivity index (χ0v) is 25.0. The maximum absolute atomic E-state index is 12.8. The average Bonchev–Trinajstić information content (AvgIpc) is 3.03. The molecule has 0 aromatic carbocycles. The van der Waals surface area contributed by atoms with Gasteiger partial charge in [-0.2, -0.15) is 11.8 Å². The largest absolute Gasteiger partial charge is 0.481 e. The van der Waals surface area contributed by atoms with Gasteiger partial charge in [0.15, 0.2) is 0 Å². The molecule has 12 atom stereocenters. The molecule has 3 unspecified atom stereocenters. The zero-order chi connectivity index (χ0) is 26.8. The number of hydrogen-bond donors (Lipinski definition) is 3. The molecule has 208 valence electrons. The molecule has 0 bridgehead atoms. The maximum Gasteiger partial charge on any atom is 0.306 e. The Morgan fingerprint density at radius 1 is 0.944 bits per heavy atom. The van der Waals surface area contributed by atoms with Gasteiger partial charge in [0.1, 0.15) is 0 Å². The van der Waals surface area contributed by atoms with Gasteiger partial charge in [0.2, 0.25) is 0 Å². The number of carboxylic acid groups (broad SMARTS) is 1. The Labute approximate surface area is 224 Å². The zero-order valence-electron chi connectivity index (χ0n) is 24.2. The summed E-state index contributed by atoms with van der Waals surface area (Å²) in [6.07, 6.45) is 6.87. The van der Waals surface area contributed by atoms with E-state index in [0.717, 1.165) is 51.4 Å². The first-order valence-electron chi connectivity index (χ1n) is 14.9. The van der Waals surface area contributed by atoms with Crippen molar-refractivity contribution in [3.63, 3.8) is 0 Å². The lowest BCUT2D eigenvalue weighted by molar-refractivity contribution is -0.240. The fourth-order valence-corrected chi connectivity index (χ4v) is 12.2. The molecule has 0 aromatic heterocycles. The van der Waals surface area contributed by atoms with Crippen LogP contribution in [-0.4, -0.2) is 44.0 Å². The van der Waals surface area contributed by atoms with Crippen LogP contribution in [0.15, 0.2) is 0 Å². The molecule has 0 radical (unpaired) electrons. The lowest BCUT2D eigenvalue weighted by Gasteiger charge is -2.69. The summed E-state index contributed by atoms with van der Waals surface area (Å²) in [6.45, 7) is 18.5. The van der Waals surface area contributed by atoms with Crippen molar-refractivity contribution in [1.82, 2.24) is 0 Å². The van der Waals surface area contributed by atoms with Crippen molar-refractivity contribution < 1.29 is 20.1 Å². The molecule has 5 heteroatoms. The Morgan fingerprint density at radius 3 is 2.19 bits per heavy atom. The molecule has 0 amide bonds. The molecule has 4 fully saturated rings. The molecule has 3 N–H and O–H groups in total. The molecule has 4 rings (SSSR count). The van der Waals surface area contributed by atoms with E-state index >= 15 is 0 Å². The third kappa shape index (κ3) is 4.39.